The van der Waals surface area contributed by atoms with Crippen LogP contribution >= 0.6 is 0 Å². The first-order valence-electron chi connectivity index (χ1n) is 7.57. The molecule has 1 amide bonds. The van der Waals surface area contributed by atoms with Gasteiger partial charge in [-0.3, -0.25) is 4.79 Å². The minimum Gasteiger partial charge on any atom is -0.441 e. The Morgan fingerprint density at radius 3 is 3.10 bits per heavy atom. The SMILES string of the molecule is CCCC1(C(=O)Nc2ccc3oc(C)nc3c2)CCCN1. The number of carbonyl (C=O) groups excluding carboxylic acids is 1. The monoisotopic (exact) mass is 287 g/mol. The molecule has 112 valence electrons. The zero-order valence-electron chi connectivity index (χ0n) is 12.5. The lowest BCUT2D eigenvalue weighted by Crippen LogP contribution is -2.50. The van der Waals surface area contributed by atoms with E-state index < -0.39 is 5.54 Å². The van der Waals surface area contributed by atoms with Gasteiger partial charge in [0.25, 0.3) is 0 Å². The van der Waals surface area contributed by atoms with Crippen molar-refractivity contribution in [2.24, 2.45) is 0 Å². The summed E-state index contributed by atoms with van der Waals surface area (Å²) in [5, 5.41) is 6.41. The lowest BCUT2D eigenvalue weighted by molar-refractivity contribution is -0.122. The van der Waals surface area contributed by atoms with Gasteiger partial charge in [-0.2, -0.15) is 0 Å². The van der Waals surface area contributed by atoms with E-state index in [-0.39, 0.29) is 5.91 Å². The van der Waals surface area contributed by atoms with Crippen LogP contribution in [-0.2, 0) is 4.79 Å². The highest BCUT2D eigenvalue weighted by Gasteiger charge is 2.39. The molecule has 0 saturated carbocycles. The van der Waals surface area contributed by atoms with E-state index >= 15 is 0 Å². The van der Waals surface area contributed by atoms with Gasteiger partial charge in [-0.15, -0.1) is 0 Å². The van der Waals surface area contributed by atoms with Gasteiger partial charge in [0, 0.05) is 12.6 Å². The maximum atomic E-state index is 12.7. The molecule has 0 bridgehead atoms. The quantitative estimate of drug-likeness (QED) is 0.907. The molecule has 5 heteroatoms. The van der Waals surface area contributed by atoms with Crippen molar-refractivity contribution in [3.8, 4) is 0 Å². The molecule has 1 atom stereocenters. The van der Waals surface area contributed by atoms with Crippen molar-refractivity contribution < 1.29 is 9.21 Å². The fraction of sp³-hybridized carbons (Fsp3) is 0.500. The second-order valence-corrected chi connectivity index (χ2v) is 5.73. The first-order valence-corrected chi connectivity index (χ1v) is 7.57. The van der Waals surface area contributed by atoms with E-state index in [1.807, 2.05) is 25.1 Å². The van der Waals surface area contributed by atoms with Crippen LogP contribution in [0, 0.1) is 6.92 Å². The van der Waals surface area contributed by atoms with Gasteiger partial charge in [-0.1, -0.05) is 13.3 Å². The summed E-state index contributed by atoms with van der Waals surface area (Å²) in [5.41, 5.74) is 1.87. The third-order valence-corrected chi connectivity index (χ3v) is 4.11. The van der Waals surface area contributed by atoms with E-state index in [1.165, 1.54) is 0 Å². The molecule has 0 spiro atoms. The van der Waals surface area contributed by atoms with Gasteiger partial charge < -0.3 is 15.1 Å². The average molecular weight is 287 g/mol. The largest absolute Gasteiger partial charge is 0.441 e. The van der Waals surface area contributed by atoms with E-state index in [9.17, 15) is 4.79 Å². The highest BCUT2D eigenvalue weighted by Crippen LogP contribution is 2.27. The number of carbonyl (C=O) groups is 1. The number of fused-ring (bicyclic) bond motifs is 1. The summed E-state index contributed by atoms with van der Waals surface area (Å²) >= 11 is 0. The average Bonchev–Trinajstić information content (AvgIpc) is 3.05. The minimum atomic E-state index is -0.413. The van der Waals surface area contributed by atoms with Crippen molar-refractivity contribution in [3.63, 3.8) is 0 Å². The van der Waals surface area contributed by atoms with Gasteiger partial charge >= 0.3 is 0 Å². The summed E-state index contributed by atoms with van der Waals surface area (Å²) in [7, 11) is 0. The van der Waals surface area contributed by atoms with Crippen LogP contribution in [0.3, 0.4) is 0 Å². The highest BCUT2D eigenvalue weighted by molar-refractivity contribution is 5.99. The van der Waals surface area contributed by atoms with E-state index in [0.29, 0.717) is 5.89 Å². The first kappa shape index (κ1) is 14.1. The summed E-state index contributed by atoms with van der Waals surface area (Å²) < 4.78 is 5.45. The Morgan fingerprint density at radius 2 is 2.38 bits per heavy atom. The molecule has 2 N–H and O–H groups in total. The molecule has 1 aromatic carbocycles. The van der Waals surface area contributed by atoms with Gasteiger partial charge in [-0.05, 0) is 44.0 Å². The Hall–Kier alpha value is -1.88. The van der Waals surface area contributed by atoms with Crippen molar-refractivity contribution >= 4 is 22.7 Å². The molecule has 0 aliphatic carbocycles. The number of rotatable bonds is 4. The molecule has 1 saturated heterocycles. The lowest BCUT2D eigenvalue weighted by Gasteiger charge is -2.27. The smallest absolute Gasteiger partial charge is 0.244 e. The molecule has 21 heavy (non-hydrogen) atoms. The molecule has 1 aliphatic rings. The van der Waals surface area contributed by atoms with E-state index in [0.717, 1.165) is 49.0 Å². The van der Waals surface area contributed by atoms with E-state index in [4.69, 9.17) is 4.42 Å². The maximum absolute atomic E-state index is 12.7. The third kappa shape index (κ3) is 2.65. The Morgan fingerprint density at radius 1 is 1.52 bits per heavy atom. The van der Waals surface area contributed by atoms with Gasteiger partial charge in [0.15, 0.2) is 11.5 Å². The number of aryl methyl sites for hydroxylation is 1. The van der Waals surface area contributed by atoms with Crippen LogP contribution in [0.1, 0.15) is 38.5 Å². The summed E-state index contributed by atoms with van der Waals surface area (Å²) in [6.07, 6.45) is 3.80. The predicted octanol–water partition coefficient (Wildman–Crippen LogP) is 3.00. The maximum Gasteiger partial charge on any atom is 0.244 e. The van der Waals surface area contributed by atoms with Crippen LogP contribution in [0.15, 0.2) is 22.6 Å². The molecule has 1 unspecified atom stereocenters. The van der Waals surface area contributed by atoms with E-state index in [1.54, 1.807) is 0 Å². The van der Waals surface area contributed by atoms with Crippen molar-refractivity contribution in [3.05, 3.63) is 24.1 Å². The Balaban J connectivity index is 1.81. The molecule has 2 heterocycles. The standard InChI is InChI=1S/C16H21N3O2/c1-3-7-16(8-4-9-17-16)15(20)19-12-5-6-14-13(10-12)18-11(2)21-14/h5-6,10,17H,3-4,7-9H2,1-2H3,(H,19,20). The molecule has 2 aromatic rings. The van der Waals surface area contributed by atoms with Crippen LogP contribution < -0.4 is 10.6 Å². The highest BCUT2D eigenvalue weighted by atomic mass is 16.3. The van der Waals surface area contributed by atoms with Crippen LogP contribution in [0.25, 0.3) is 11.1 Å². The second-order valence-electron chi connectivity index (χ2n) is 5.73. The van der Waals surface area contributed by atoms with Crippen molar-refractivity contribution in [2.75, 3.05) is 11.9 Å². The number of nitrogens with zero attached hydrogens (tertiary/aromatic N) is 1. The van der Waals surface area contributed by atoms with Crippen molar-refractivity contribution in [1.29, 1.82) is 0 Å². The number of nitrogens with one attached hydrogen (secondary N) is 2. The number of hydrogen-bond donors (Lipinski definition) is 2. The molecule has 3 rings (SSSR count). The summed E-state index contributed by atoms with van der Waals surface area (Å²) in [6, 6.07) is 5.57. The second kappa shape index (κ2) is 5.48. The Labute approximate surface area is 124 Å². The number of oxazole rings is 1. The molecule has 1 aromatic heterocycles. The van der Waals surface area contributed by atoms with Gasteiger partial charge in [0.1, 0.15) is 5.52 Å². The number of aromatic nitrogens is 1. The van der Waals surface area contributed by atoms with Crippen molar-refractivity contribution in [2.45, 2.75) is 45.1 Å². The molecule has 1 aliphatic heterocycles. The van der Waals surface area contributed by atoms with Crippen LogP contribution in [0.2, 0.25) is 0 Å². The van der Waals surface area contributed by atoms with Crippen LogP contribution in [0.4, 0.5) is 5.69 Å². The van der Waals surface area contributed by atoms with Gasteiger partial charge in [0.2, 0.25) is 5.91 Å². The Bertz CT molecular complexity index is 657. The Kier molecular flexibility index (Phi) is 3.68. The van der Waals surface area contributed by atoms with Gasteiger partial charge in [-0.25, -0.2) is 4.98 Å². The topological polar surface area (TPSA) is 67.2 Å². The predicted molar refractivity (Wildman–Crippen MR) is 82.3 cm³/mol. The van der Waals surface area contributed by atoms with Gasteiger partial charge in [0.05, 0.1) is 5.54 Å². The number of amides is 1. The molecule has 5 nitrogen and oxygen atoms in total. The third-order valence-electron chi connectivity index (χ3n) is 4.11. The fourth-order valence-electron chi connectivity index (χ4n) is 3.12. The normalized spacial score (nSPS) is 21.8. The first-order chi connectivity index (χ1) is 10.1. The van der Waals surface area contributed by atoms with Crippen LogP contribution in [-0.4, -0.2) is 23.0 Å². The molecular weight excluding hydrogens is 266 g/mol. The lowest BCUT2D eigenvalue weighted by atomic mass is 9.91. The molecule has 1 fully saturated rings. The summed E-state index contributed by atoms with van der Waals surface area (Å²) in [4.78, 5) is 16.9. The zero-order valence-corrected chi connectivity index (χ0v) is 12.5. The van der Waals surface area contributed by atoms with Crippen molar-refractivity contribution in [1.82, 2.24) is 10.3 Å². The van der Waals surface area contributed by atoms with E-state index in [2.05, 4.69) is 22.5 Å². The number of anilines is 1. The summed E-state index contributed by atoms with van der Waals surface area (Å²) in [6.45, 7) is 4.84. The summed E-state index contributed by atoms with van der Waals surface area (Å²) in [5.74, 6) is 0.690. The molecular formula is C16H21N3O2. The minimum absolute atomic E-state index is 0.0569. The zero-order chi connectivity index (χ0) is 14.9. The van der Waals surface area contributed by atoms with Crippen LogP contribution in [0.5, 0.6) is 0 Å². The number of benzene rings is 1. The molecule has 0 radical (unpaired) electrons. The fourth-order valence-corrected chi connectivity index (χ4v) is 3.12. The number of hydrogen-bond acceptors (Lipinski definition) is 4.